The first-order valence-corrected chi connectivity index (χ1v) is 10.1. The standard InChI is InChI=1S/C20H16ClN7S/c1-27(2)15-9-5-13(6-10-15)19-26-28-18(24-25-20(28)29-19)17-11-16(22-23-17)12-3-7-14(21)8-4-12/h3-11H,1-2H3,(H,22,23). The normalized spacial score (nSPS) is 11.3. The molecule has 0 radical (unpaired) electrons. The van der Waals surface area contributed by atoms with Gasteiger partial charge < -0.3 is 4.90 Å². The van der Waals surface area contributed by atoms with E-state index in [9.17, 15) is 0 Å². The number of benzene rings is 2. The Bertz CT molecular complexity index is 1280. The van der Waals surface area contributed by atoms with Crippen LogP contribution >= 0.6 is 22.9 Å². The van der Waals surface area contributed by atoms with Gasteiger partial charge in [0.15, 0.2) is 0 Å². The fraction of sp³-hybridized carbons (Fsp3) is 0.100. The number of hydrogen-bond acceptors (Lipinski definition) is 6. The second kappa shape index (κ2) is 6.98. The van der Waals surface area contributed by atoms with Crippen LogP contribution in [0.2, 0.25) is 5.02 Å². The molecule has 0 saturated heterocycles. The Kier molecular flexibility index (Phi) is 4.30. The van der Waals surface area contributed by atoms with Crippen LogP contribution in [0.4, 0.5) is 5.69 Å². The molecule has 144 valence electrons. The lowest BCUT2D eigenvalue weighted by atomic mass is 10.1. The highest BCUT2D eigenvalue weighted by Crippen LogP contribution is 2.30. The number of fused-ring (bicyclic) bond motifs is 1. The minimum Gasteiger partial charge on any atom is -0.378 e. The molecule has 0 bridgehead atoms. The van der Waals surface area contributed by atoms with Crippen LogP contribution in [0.5, 0.6) is 0 Å². The molecule has 0 unspecified atom stereocenters. The number of H-pyrrole nitrogens is 1. The zero-order chi connectivity index (χ0) is 20.0. The summed E-state index contributed by atoms with van der Waals surface area (Å²) < 4.78 is 1.75. The lowest BCUT2D eigenvalue weighted by Crippen LogP contribution is -2.07. The number of aromatic amines is 1. The summed E-state index contributed by atoms with van der Waals surface area (Å²) in [5.41, 5.74) is 4.72. The molecule has 0 amide bonds. The van der Waals surface area contributed by atoms with Gasteiger partial charge in [-0.15, -0.1) is 10.2 Å². The van der Waals surface area contributed by atoms with Gasteiger partial charge in [0, 0.05) is 35.9 Å². The van der Waals surface area contributed by atoms with Crippen LogP contribution in [0.15, 0.2) is 54.6 Å². The van der Waals surface area contributed by atoms with E-state index in [-0.39, 0.29) is 0 Å². The Morgan fingerprint density at radius 3 is 2.41 bits per heavy atom. The van der Waals surface area contributed by atoms with E-state index in [0.717, 1.165) is 38.2 Å². The molecule has 0 aliphatic carbocycles. The van der Waals surface area contributed by atoms with Crippen LogP contribution in [0.1, 0.15) is 0 Å². The third-order valence-electron chi connectivity index (χ3n) is 4.58. The van der Waals surface area contributed by atoms with Gasteiger partial charge in [-0.25, -0.2) is 0 Å². The number of nitrogens with zero attached hydrogens (tertiary/aromatic N) is 6. The maximum absolute atomic E-state index is 5.97. The number of hydrogen-bond donors (Lipinski definition) is 1. The molecule has 0 spiro atoms. The van der Waals surface area contributed by atoms with E-state index < -0.39 is 0 Å². The molecule has 0 aliphatic heterocycles. The number of nitrogens with one attached hydrogen (secondary N) is 1. The Balaban J connectivity index is 1.49. The molecular weight excluding hydrogens is 406 g/mol. The minimum absolute atomic E-state index is 0.625. The van der Waals surface area contributed by atoms with Crippen molar-refractivity contribution in [3.05, 3.63) is 59.6 Å². The van der Waals surface area contributed by atoms with Crippen molar-refractivity contribution in [1.82, 2.24) is 30.0 Å². The predicted octanol–water partition coefficient (Wildman–Crippen LogP) is 4.63. The molecule has 5 rings (SSSR count). The van der Waals surface area contributed by atoms with Gasteiger partial charge in [0.25, 0.3) is 0 Å². The van der Waals surface area contributed by atoms with Crippen LogP contribution in [0.25, 0.3) is 38.3 Å². The van der Waals surface area contributed by atoms with E-state index in [1.807, 2.05) is 44.4 Å². The van der Waals surface area contributed by atoms with Crippen molar-refractivity contribution in [2.24, 2.45) is 0 Å². The largest absolute Gasteiger partial charge is 0.378 e. The van der Waals surface area contributed by atoms with Crippen molar-refractivity contribution in [1.29, 1.82) is 0 Å². The molecule has 3 heterocycles. The predicted molar refractivity (Wildman–Crippen MR) is 116 cm³/mol. The van der Waals surface area contributed by atoms with Gasteiger partial charge in [0.1, 0.15) is 10.7 Å². The molecule has 0 aliphatic rings. The molecule has 29 heavy (non-hydrogen) atoms. The lowest BCUT2D eigenvalue weighted by Gasteiger charge is -2.11. The lowest BCUT2D eigenvalue weighted by molar-refractivity contribution is 0.954. The topological polar surface area (TPSA) is 75.0 Å². The second-order valence-corrected chi connectivity index (χ2v) is 8.13. The number of rotatable bonds is 4. The summed E-state index contributed by atoms with van der Waals surface area (Å²) in [5.74, 6) is 0.625. The summed E-state index contributed by atoms with van der Waals surface area (Å²) in [6.45, 7) is 0. The average molecular weight is 422 g/mol. The third kappa shape index (κ3) is 3.26. The first-order chi connectivity index (χ1) is 14.1. The summed E-state index contributed by atoms with van der Waals surface area (Å²) in [6.07, 6.45) is 0. The summed E-state index contributed by atoms with van der Waals surface area (Å²) in [6, 6.07) is 17.8. The van der Waals surface area contributed by atoms with E-state index in [0.29, 0.717) is 10.8 Å². The third-order valence-corrected chi connectivity index (χ3v) is 5.78. The molecule has 9 heteroatoms. The van der Waals surface area contributed by atoms with E-state index in [1.165, 1.54) is 11.3 Å². The van der Waals surface area contributed by atoms with Gasteiger partial charge in [-0.05, 0) is 42.5 Å². The Morgan fingerprint density at radius 1 is 0.966 bits per heavy atom. The van der Waals surface area contributed by atoms with E-state index in [1.54, 1.807) is 4.52 Å². The summed E-state index contributed by atoms with van der Waals surface area (Å²) >= 11 is 7.47. The van der Waals surface area contributed by atoms with E-state index in [4.69, 9.17) is 16.7 Å². The highest BCUT2D eigenvalue weighted by Gasteiger charge is 2.17. The van der Waals surface area contributed by atoms with E-state index in [2.05, 4.69) is 49.6 Å². The SMILES string of the molecule is CN(C)c1ccc(-c2nn3c(-c4cc(-c5ccc(Cl)cc5)n[nH]4)nnc3s2)cc1. The fourth-order valence-electron chi connectivity index (χ4n) is 3.01. The molecule has 2 aromatic carbocycles. The van der Waals surface area contributed by atoms with Crippen molar-refractivity contribution in [2.45, 2.75) is 0 Å². The quantitative estimate of drug-likeness (QED) is 0.458. The summed E-state index contributed by atoms with van der Waals surface area (Å²) in [7, 11) is 4.04. The molecule has 0 saturated carbocycles. The Morgan fingerprint density at radius 2 is 1.69 bits per heavy atom. The highest BCUT2D eigenvalue weighted by molar-refractivity contribution is 7.19. The maximum Gasteiger partial charge on any atom is 0.235 e. The highest BCUT2D eigenvalue weighted by atomic mass is 35.5. The zero-order valence-electron chi connectivity index (χ0n) is 15.7. The smallest absolute Gasteiger partial charge is 0.235 e. The molecule has 5 aromatic rings. The average Bonchev–Trinajstić information content (AvgIpc) is 3.44. The van der Waals surface area contributed by atoms with Crippen molar-refractivity contribution in [3.63, 3.8) is 0 Å². The number of anilines is 1. The van der Waals surface area contributed by atoms with Crippen molar-refractivity contribution < 1.29 is 0 Å². The zero-order valence-corrected chi connectivity index (χ0v) is 17.2. The Labute approximate surface area is 175 Å². The van der Waals surface area contributed by atoms with Crippen LogP contribution in [-0.2, 0) is 0 Å². The molecule has 7 nitrogen and oxygen atoms in total. The van der Waals surface area contributed by atoms with Crippen LogP contribution in [-0.4, -0.2) is 44.1 Å². The van der Waals surface area contributed by atoms with Gasteiger partial charge in [-0.2, -0.15) is 14.7 Å². The van der Waals surface area contributed by atoms with Crippen molar-refractivity contribution in [3.8, 4) is 33.3 Å². The molecule has 1 N–H and O–H groups in total. The second-order valence-electron chi connectivity index (χ2n) is 6.74. The van der Waals surface area contributed by atoms with Crippen molar-refractivity contribution >= 4 is 33.6 Å². The maximum atomic E-state index is 5.97. The van der Waals surface area contributed by atoms with Crippen LogP contribution < -0.4 is 4.90 Å². The molecule has 0 atom stereocenters. The van der Waals surface area contributed by atoms with Gasteiger partial charge in [0.2, 0.25) is 10.8 Å². The summed E-state index contributed by atoms with van der Waals surface area (Å²) in [4.78, 5) is 2.80. The minimum atomic E-state index is 0.625. The van der Waals surface area contributed by atoms with Crippen molar-refractivity contribution in [2.75, 3.05) is 19.0 Å². The molecule has 0 fully saturated rings. The van der Waals surface area contributed by atoms with Crippen LogP contribution in [0.3, 0.4) is 0 Å². The molecular formula is C20H16ClN7S. The molecule has 3 aromatic heterocycles. The van der Waals surface area contributed by atoms with Crippen LogP contribution in [0, 0.1) is 0 Å². The monoisotopic (exact) mass is 421 g/mol. The fourth-order valence-corrected chi connectivity index (χ4v) is 3.98. The number of halogens is 1. The summed E-state index contributed by atoms with van der Waals surface area (Å²) in [5, 5.41) is 22.3. The number of aromatic nitrogens is 6. The van der Waals surface area contributed by atoms with Gasteiger partial charge in [0.05, 0.1) is 5.69 Å². The van der Waals surface area contributed by atoms with Gasteiger partial charge in [-0.1, -0.05) is 35.1 Å². The van der Waals surface area contributed by atoms with Gasteiger partial charge in [-0.3, -0.25) is 5.10 Å². The van der Waals surface area contributed by atoms with Gasteiger partial charge >= 0.3 is 0 Å². The first kappa shape index (κ1) is 17.8. The first-order valence-electron chi connectivity index (χ1n) is 8.90. The van der Waals surface area contributed by atoms with E-state index >= 15 is 0 Å². The Hall–Kier alpha value is -3.23.